The lowest BCUT2D eigenvalue weighted by atomic mass is 9.92. The molecule has 1 heterocycles. The lowest BCUT2D eigenvalue weighted by Crippen LogP contribution is -2.31. The predicted molar refractivity (Wildman–Crippen MR) is 49.8 cm³/mol. The van der Waals surface area contributed by atoms with Gasteiger partial charge < -0.3 is 4.98 Å². The molecule has 0 amide bonds. The molecule has 0 radical (unpaired) electrons. The highest BCUT2D eigenvalue weighted by Crippen LogP contribution is 2.23. The average molecular weight is 222 g/mol. The van der Waals surface area contributed by atoms with Gasteiger partial charge in [-0.2, -0.15) is 13.2 Å². The molecule has 15 heavy (non-hydrogen) atoms. The summed E-state index contributed by atoms with van der Waals surface area (Å²) in [6.07, 6.45) is -3.06. The fourth-order valence-corrected chi connectivity index (χ4v) is 1.35. The van der Waals surface area contributed by atoms with E-state index in [1.54, 1.807) is 20.8 Å². The Morgan fingerprint density at radius 3 is 2.27 bits per heavy atom. The summed E-state index contributed by atoms with van der Waals surface area (Å²) in [6.45, 7) is 4.01. The van der Waals surface area contributed by atoms with Crippen LogP contribution in [0.5, 0.6) is 0 Å². The first-order valence-electron chi connectivity index (χ1n) is 4.47. The van der Waals surface area contributed by atoms with Crippen molar-refractivity contribution in [2.75, 3.05) is 0 Å². The van der Waals surface area contributed by atoms with E-state index in [0.717, 1.165) is 4.57 Å². The molecule has 0 aliphatic heterocycles. The van der Waals surface area contributed by atoms with Gasteiger partial charge >= 0.3 is 11.9 Å². The Kier molecular flexibility index (Phi) is 2.71. The van der Waals surface area contributed by atoms with Crippen LogP contribution in [0.4, 0.5) is 13.2 Å². The van der Waals surface area contributed by atoms with Gasteiger partial charge in [0.25, 0.3) is 0 Å². The van der Waals surface area contributed by atoms with Crippen molar-refractivity contribution in [2.24, 2.45) is 0 Å². The third-order valence-corrected chi connectivity index (χ3v) is 1.97. The van der Waals surface area contributed by atoms with Crippen molar-refractivity contribution in [2.45, 2.75) is 38.9 Å². The topological polar surface area (TPSA) is 37.8 Å². The minimum atomic E-state index is -4.38. The molecule has 0 aliphatic rings. The average Bonchev–Trinajstić information content (AvgIpc) is 2.28. The van der Waals surface area contributed by atoms with Crippen LogP contribution < -0.4 is 5.69 Å². The maximum atomic E-state index is 12.2. The molecule has 0 unspecified atom stereocenters. The van der Waals surface area contributed by atoms with Gasteiger partial charge in [-0.05, 0) is 0 Å². The lowest BCUT2D eigenvalue weighted by Gasteiger charge is -2.20. The number of hydrogen-bond acceptors (Lipinski definition) is 1. The second-order valence-electron chi connectivity index (χ2n) is 4.43. The Morgan fingerprint density at radius 2 is 1.87 bits per heavy atom. The van der Waals surface area contributed by atoms with Crippen LogP contribution in [-0.2, 0) is 12.0 Å². The lowest BCUT2D eigenvalue weighted by molar-refractivity contribution is -0.141. The molecule has 0 saturated heterocycles. The van der Waals surface area contributed by atoms with E-state index in [4.69, 9.17) is 0 Å². The second kappa shape index (κ2) is 3.43. The van der Waals surface area contributed by atoms with Crippen molar-refractivity contribution in [3.05, 3.63) is 22.4 Å². The van der Waals surface area contributed by atoms with Crippen LogP contribution in [0.1, 0.15) is 26.5 Å². The van der Waals surface area contributed by atoms with Crippen molar-refractivity contribution < 1.29 is 13.2 Å². The van der Waals surface area contributed by atoms with Gasteiger partial charge in [0.1, 0.15) is 6.54 Å². The number of aromatic nitrogens is 2. The van der Waals surface area contributed by atoms with Crippen molar-refractivity contribution >= 4 is 0 Å². The van der Waals surface area contributed by atoms with Crippen LogP contribution in [0.25, 0.3) is 0 Å². The first kappa shape index (κ1) is 11.9. The predicted octanol–water partition coefficient (Wildman–Crippen LogP) is 2.04. The largest absolute Gasteiger partial charge is 0.406 e. The Balaban J connectivity index is 3.17. The Hall–Kier alpha value is -1.20. The fraction of sp³-hybridized carbons (Fsp3) is 0.667. The van der Waals surface area contributed by atoms with Crippen LogP contribution in [0.15, 0.2) is 11.0 Å². The van der Waals surface area contributed by atoms with E-state index in [1.807, 2.05) is 0 Å². The molecule has 0 spiro atoms. The molecule has 1 aromatic rings. The number of imidazole rings is 1. The quantitative estimate of drug-likeness (QED) is 0.775. The van der Waals surface area contributed by atoms with Crippen molar-refractivity contribution in [3.63, 3.8) is 0 Å². The molecule has 0 fully saturated rings. The highest BCUT2D eigenvalue weighted by atomic mass is 19.4. The highest BCUT2D eigenvalue weighted by molar-refractivity contribution is 5.10. The van der Waals surface area contributed by atoms with Gasteiger partial charge in [-0.3, -0.25) is 4.57 Å². The molecule has 0 aliphatic carbocycles. The summed E-state index contributed by atoms with van der Waals surface area (Å²) >= 11 is 0. The van der Waals surface area contributed by atoms with Gasteiger partial charge in [0.2, 0.25) is 0 Å². The minimum absolute atomic E-state index is 0.352. The zero-order valence-corrected chi connectivity index (χ0v) is 8.77. The van der Waals surface area contributed by atoms with Gasteiger partial charge in [0.15, 0.2) is 0 Å². The molecule has 1 aromatic heterocycles. The molecular weight excluding hydrogens is 209 g/mol. The summed E-state index contributed by atoms with van der Waals surface area (Å²) in [5.74, 6) is 0. The van der Waals surface area contributed by atoms with E-state index >= 15 is 0 Å². The number of aromatic amines is 1. The summed E-state index contributed by atoms with van der Waals surface area (Å²) in [6, 6.07) is 0. The molecule has 0 bridgehead atoms. The summed E-state index contributed by atoms with van der Waals surface area (Å²) in [7, 11) is 0. The van der Waals surface area contributed by atoms with Gasteiger partial charge in [0, 0.05) is 17.3 Å². The number of halogens is 3. The van der Waals surface area contributed by atoms with E-state index in [2.05, 4.69) is 4.98 Å². The van der Waals surface area contributed by atoms with Gasteiger partial charge in [-0.1, -0.05) is 20.8 Å². The number of hydrogen-bond donors (Lipinski definition) is 1. The zero-order valence-electron chi connectivity index (χ0n) is 8.77. The number of alkyl halides is 3. The van der Waals surface area contributed by atoms with Crippen molar-refractivity contribution in [3.8, 4) is 0 Å². The normalized spacial score (nSPS) is 13.2. The number of nitrogens with one attached hydrogen (secondary N) is 1. The third-order valence-electron chi connectivity index (χ3n) is 1.97. The number of H-pyrrole nitrogens is 1. The van der Waals surface area contributed by atoms with Gasteiger partial charge in [-0.15, -0.1) is 0 Å². The molecule has 3 nitrogen and oxygen atoms in total. The molecule has 6 heteroatoms. The standard InChI is InChI=1S/C9H13F3N2O/c1-8(2,3)6-4-13-7(15)14(6)5-9(10,11)12/h4H,5H2,1-3H3,(H,13,15). The maximum absolute atomic E-state index is 12.2. The Labute approximate surface area is 84.9 Å². The highest BCUT2D eigenvalue weighted by Gasteiger charge is 2.32. The van der Waals surface area contributed by atoms with Crippen molar-refractivity contribution in [1.29, 1.82) is 0 Å². The monoisotopic (exact) mass is 222 g/mol. The van der Waals surface area contributed by atoms with Crippen LogP contribution in [0.2, 0.25) is 0 Å². The maximum Gasteiger partial charge on any atom is 0.406 e. The molecule has 0 atom stereocenters. The first-order chi connectivity index (χ1) is 6.61. The Morgan fingerprint density at radius 1 is 1.33 bits per heavy atom. The van der Waals surface area contributed by atoms with Crippen LogP contribution >= 0.6 is 0 Å². The van der Waals surface area contributed by atoms with Gasteiger partial charge in [0.05, 0.1) is 0 Å². The molecule has 1 N–H and O–H groups in total. The van der Waals surface area contributed by atoms with E-state index in [0.29, 0.717) is 5.69 Å². The minimum Gasteiger partial charge on any atom is -0.312 e. The number of rotatable bonds is 1. The third kappa shape index (κ3) is 2.87. The smallest absolute Gasteiger partial charge is 0.312 e. The molecule has 86 valence electrons. The molecule has 0 aromatic carbocycles. The van der Waals surface area contributed by atoms with E-state index < -0.39 is 23.8 Å². The van der Waals surface area contributed by atoms with Crippen LogP contribution in [-0.4, -0.2) is 15.7 Å². The van der Waals surface area contributed by atoms with E-state index in [-0.39, 0.29) is 0 Å². The van der Waals surface area contributed by atoms with Crippen LogP contribution in [0, 0.1) is 0 Å². The zero-order chi connectivity index (χ0) is 11.9. The summed E-state index contributed by atoms with van der Waals surface area (Å²) < 4.78 is 37.3. The SMILES string of the molecule is CC(C)(C)c1c[nH]c(=O)n1CC(F)(F)F. The van der Waals surface area contributed by atoms with Gasteiger partial charge in [-0.25, -0.2) is 4.79 Å². The summed E-state index contributed by atoms with van der Waals surface area (Å²) in [5.41, 5.74) is -0.869. The molecular formula is C9H13F3N2O. The van der Waals surface area contributed by atoms with E-state index in [9.17, 15) is 18.0 Å². The van der Waals surface area contributed by atoms with Crippen LogP contribution in [0.3, 0.4) is 0 Å². The number of nitrogens with zero attached hydrogens (tertiary/aromatic N) is 1. The Bertz CT molecular complexity index is 395. The van der Waals surface area contributed by atoms with Crippen molar-refractivity contribution in [1.82, 2.24) is 9.55 Å². The molecule has 1 rings (SSSR count). The fourth-order valence-electron chi connectivity index (χ4n) is 1.35. The summed E-state index contributed by atoms with van der Waals surface area (Å²) in [5, 5.41) is 0. The first-order valence-corrected chi connectivity index (χ1v) is 4.47. The molecule has 0 saturated carbocycles. The van der Waals surface area contributed by atoms with E-state index in [1.165, 1.54) is 6.20 Å². The summed E-state index contributed by atoms with van der Waals surface area (Å²) in [4.78, 5) is 13.4. The second-order valence-corrected chi connectivity index (χ2v) is 4.43.